The van der Waals surface area contributed by atoms with Gasteiger partial charge in [0.1, 0.15) is 5.04 Å². The molecule has 1 aliphatic heterocycles. The molecule has 0 bridgehead atoms. The molecule has 0 saturated heterocycles. The Morgan fingerprint density at radius 2 is 2.67 bits per heavy atom. The monoisotopic (exact) mass is 144 g/mol. The van der Waals surface area contributed by atoms with Crippen LogP contribution in [0.3, 0.4) is 0 Å². The molecule has 1 rings (SSSR count). The number of hydrogen-bond donors (Lipinski definition) is 1. The molecule has 1 aliphatic rings. The van der Waals surface area contributed by atoms with Crippen LogP contribution in [0, 0.1) is 0 Å². The molecule has 0 aromatic rings. The van der Waals surface area contributed by atoms with Crippen molar-refractivity contribution in [2.45, 2.75) is 6.42 Å². The van der Waals surface area contributed by atoms with Crippen molar-refractivity contribution in [3.8, 4) is 0 Å². The Balaban J connectivity index is 2.46. The quantitative estimate of drug-likeness (QED) is 0.339. The van der Waals surface area contributed by atoms with Crippen molar-refractivity contribution in [1.82, 2.24) is 0 Å². The van der Waals surface area contributed by atoms with E-state index in [1.165, 1.54) is 6.21 Å². The zero-order valence-corrected chi connectivity index (χ0v) is 5.77. The minimum atomic E-state index is 0.837. The van der Waals surface area contributed by atoms with E-state index in [1.54, 1.807) is 11.8 Å². The van der Waals surface area contributed by atoms with Crippen LogP contribution in [0.4, 0.5) is 0 Å². The molecule has 0 radical (unpaired) electrons. The zero-order chi connectivity index (χ0) is 6.53. The molecule has 4 heteroatoms. The summed E-state index contributed by atoms with van der Waals surface area (Å²) in [5, 5.41) is 11.8. The summed E-state index contributed by atoms with van der Waals surface area (Å²) in [5.74, 6) is 1.09. The summed E-state index contributed by atoms with van der Waals surface area (Å²) in [4.78, 5) is 4.09. The van der Waals surface area contributed by atoms with Gasteiger partial charge in [-0.3, -0.25) is 4.99 Å². The molecule has 0 aromatic carbocycles. The highest BCUT2D eigenvalue weighted by Gasteiger charge is 2.01. The SMILES string of the molecule is O/N=C/C1=NCCCS1. The predicted molar refractivity (Wildman–Crippen MR) is 39.7 cm³/mol. The Morgan fingerprint density at radius 1 is 1.78 bits per heavy atom. The van der Waals surface area contributed by atoms with Crippen molar-refractivity contribution in [1.29, 1.82) is 0 Å². The number of aliphatic imine (C=N–C) groups is 1. The van der Waals surface area contributed by atoms with Gasteiger partial charge in [0.25, 0.3) is 0 Å². The van der Waals surface area contributed by atoms with Gasteiger partial charge in [-0.15, -0.1) is 11.8 Å². The first kappa shape index (κ1) is 6.61. The third-order valence-electron chi connectivity index (χ3n) is 0.988. The molecule has 50 valence electrons. The average Bonchev–Trinajstić information content (AvgIpc) is 1.91. The first-order valence-corrected chi connectivity index (χ1v) is 3.77. The molecule has 0 saturated carbocycles. The zero-order valence-electron chi connectivity index (χ0n) is 4.95. The largest absolute Gasteiger partial charge is 0.411 e. The van der Waals surface area contributed by atoms with Crippen molar-refractivity contribution in [2.24, 2.45) is 10.1 Å². The summed E-state index contributed by atoms with van der Waals surface area (Å²) in [6.07, 6.45) is 2.51. The first-order chi connectivity index (χ1) is 4.43. The Bertz CT molecular complexity index is 144. The van der Waals surface area contributed by atoms with Gasteiger partial charge >= 0.3 is 0 Å². The summed E-state index contributed by atoms with van der Waals surface area (Å²) < 4.78 is 0. The van der Waals surface area contributed by atoms with Crippen LogP contribution in [0.1, 0.15) is 6.42 Å². The second kappa shape index (κ2) is 3.50. The van der Waals surface area contributed by atoms with Gasteiger partial charge in [0.05, 0.1) is 6.21 Å². The van der Waals surface area contributed by atoms with E-state index >= 15 is 0 Å². The molecular formula is C5H8N2OS. The topological polar surface area (TPSA) is 45.0 Å². The smallest absolute Gasteiger partial charge is 0.112 e. The molecule has 0 fully saturated rings. The minimum absolute atomic E-state index is 0.837. The fourth-order valence-electron chi connectivity index (χ4n) is 0.604. The van der Waals surface area contributed by atoms with Crippen LogP contribution in [0.5, 0.6) is 0 Å². The molecule has 0 spiro atoms. The van der Waals surface area contributed by atoms with Crippen LogP contribution in [-0.2, 0) is 0 Å². The molecular weight excluding hydrogens is 136 g/mol. The Hall–Kier alpha value is -0.510. The van der Waals surface area contributed by atoms with Gasteiger partial charge in [0.15, 0.2) is 0 Å². The Labute approximate surface area is 57.9 Å². The molecule has 3 nitrogen and oxygen atoms in total. The van der Waals surface area contributed by atoms with Crippen LogP contribution < -0.4 is 0 Å². The molecule has 9 heavy (non-hydrogen) atoms. The van der Waals surface area contributed by atoms with Gasteiger partial charge in [-0.05, 0) is 6.42 Å². The highest BCUT2D eigenvalue weighted by molar-refractivity contribution is 8.15. The number of hydrogen-bond acceptors (Lipinski definition) is 4. The molecule has 0 atom stereocenters. The van der Waals surface area contributed by atoms with Crippen molar-refractivity contribution >= 4 is 23.0 Å². The van der Waals surface area contributed by atoms with E-state index in [0.29, 0.717) is 0 Å². The third-order valence-corrected chi connectivity index (χ3v) is 2.01. The molecule has 1 heterocycles. The fraction of sp³-hybridized carbons (Fsp3) is 0.600. The van der Waals surface area contributed by atoms with Crippen LogP contribution in [0.25, 0.3) is 0 Å². The van der Waals surface area contributed by atoms with Crippen LogP contribution in [0.2, 0.25) is 0 Å². The van der Waals surface area contributed by atoms with Crippen LogP contribution in [-0.4, -0.2) is 28.8 Å². The molecule has 0 aromatic heterocycles. The first-order valence-electron chi connectivity index (χ1n) is 2.78. The lowest BCUT2D eigenvalue weighted by atomic mass is 10.5. The minimum Gasteiger partial charge on any atom is -0.411 e. The maximum absolute atomic E-state index is 8.09. The van der Waals surface area contributed by atoms with Crippen molar-refractivity contribution in [3.05, 3.63) is 0 Å². The molecule has 0 unspecified atom stereocenters. The second-order valence-electron chi connectivity index (χ2n) is 1.67. The molecule has 0 aliphatic carbocycles. The van der Waals surface area contributed by atoms with Gasteiger partial charge in [-0.2, -0.15) is 0 Å². The van der Waals surface area contributed by atoms with E-state index in [2.05, 4.69) is 10.1 Å². The summed E-state index contributed by atoms with van der Waals surface area (Å²) >= 11 is 1.63. The lowest BCUT2D eigenvalue weighted by Gasteiger charge is -2.04. The van der Waals surface area contributed by atoms with Crippen molar-refractivity contribution < 1.29 is 5.21 Å². The van der Waals surface area contributed by atoms with Crippen molar-refractivity contribution in [3.63, 3.8) is 0 Å². The fourth-order valence-corrected chi connectivity index (χ4v) is 1.39. The highest BCUT2D eigenvalue weighted by atomic mass is 32.2. The van der Waals surface area contributed by atoms with E-state index in [1.807, 2.05) is 0 Å². The lowest BCUT2D eigenvalue weighted by Crippen LogP contribution is -2.04. The van der Waals surface area contributed by atoms with Crippen LogP contribution in [0.15, 0.2) is 10.1 Å². The maximum Gasteiger partial charge on any atom is 0.112 e. The van der Waals surface area contributed by atoms with E-state index in [4.69, 9.17) is 5.21 Å². The normalized spacial score (nSPS) is 20.2. The van der Waals surface area contributed by atoms with E-state index in [-0.39, 0.29) is 0 Å². The highest BCUT2D eigenvalue weighted by Crippen LogP contribution is 2.10. The number of oxime groups is 1. The van der Waals surface area contributed by atoms with Gasteiger partial charge in [-0.1, -0.05) is 5.16 Å². The average molecular weight is 144 g/mol. The Morgan fingerprint density at radius 3 is 3.22 bits per heavy atom. The molecule has 1 N–H and O–H groups in total. The standard InChI is InChI=1S/C5H8N2OS/c8-7-4-5-6-2-1-3-9-5/h4,8H,1-3H2/b7-4+. The Kier molecular flexibility index (Phi) is 2.57. The number of rotatable bonds is 1. The van der Waals surface area contributed by atoms with Gasteiger partial charge in [-0.25, -0.2) is 0 Å². The lowest BCUT2D eigenvalue weighted by molar-refractivity contribution is 0.322. The second-order valence-corrected chi connectivity index (χ2v) is 2.78. The summed E-state index contributed by atoms with van der Waals surface area (Å²) in [6.45, 7) is 0.869. The summed E-state index contributed by atoms with van der Waals surface area (Å²) in [5.41, 5.74) is 0. The summed E-state index contributed by atoms with van der Waals surface area (Å²) in [6, 6.07) is 0. The predicted octanol–water partition coefficient (Wildman–Crippen LogP) is 0.982. The van der Waals surface area contributed by atoms with E-state index in [9.17, 15) is 0 Å². The third kappa shape index (κ3) is 2.05. The maximum atomic E-state index is 8.09. The summed E-state index contributed by atoms with van der Waals surface area (Å²) in [7, 11) is 0. The van der Waals surface area contributed by atoms with Crippen molar-refractivity contribution in [2.75, 3.05) is 12.3 Å². The van der Waals surface area contributed by atoms with Crippen LogP contribution >= 0.6 is 11.8 Å². The van der Waals surface area contributed by atoms with E-state index in [0.717, 1.165) is 23.8 Å². The van der Waals surface area contributed by atoms with Gasteiger partial charge < -0.3 is 5.21 Å². The van der Waals surface area contributed by atoms with Gasteiger partial charge in [0.2, 0.25) is 0 Å². The number of thioether (sulfide) groups is 1. The van der Waals surface area contributed by atoms with E-state index < -0.39 is 0 Å². The number of nitrogens with zero attached hydrogens (tertiary/aromatic N) is 2. The molecule has 0 amide bonds. The van der Waals surface area contributed by atoms with Gasteiger partial charge in [0, 0.05) is 12.3 Å².